The van der Waals surface area contributed by atoms with Gasteiger partial charge in [0.15, 0.2) is 0 Å². The number of rotatable bonds is 2. The van der Waals surface area contributed by atoms with Crippen molar-refractivity contribution in [1.82, 2.24) is 0 Å². The van der Waals surface area contributed by atoms with Crippen molar-refractivity contribution in [2.45, 2.75) is 21.5 Å². The maximum Gasteiger partial charge on any atom is 0.244 e. The third-order valence-corrected chi connectivity index (χ3v) is 6.52. The SMILES string of the molecule is C=CC1(c2ccccc2)CC12Sc1ccccc1N(C)C2=O. The van der Waals surface area contributed by atoms with Crippen LogP contribution >= 0.6 is 11.8 Å². The fourth-order valence-corrected chi connectivity index (χ4v) is 5.34. The van der Waals surface area contributed by atoms with Gasteiger partial charge in [-0.1, -0.05) is 48.5 Å². The third kappa shape index (κ3) is 1.55. The lowest BCUT2D eigenvalue weighted by atomic mass is 9.92. The number of para-hydroxylation sites is 1. The lowest BCUT2D eigenvalue weighted by Gasteiger charge is -2.34. The summed E-state index contributed by atoms with van der Waals surface area (Å²) in [6.07, 6.45) is 2.78. The molecule has 3 heteroatoms. The monoisotopic (exact) mass is 307 g/mol. The van der Waals surface area contributed by atoms with Gasteiger partial charge in [-0.15, -0.1) is 18.3 Å². The molecule has 2 unspecified atom stereocenters. The summed E-state index contributed by atoms with van der Waals surface area (Å²) in [7, 11) is 1.87. The summed E-state index contributed by atoms with van der Waals surface area (Å²) < 4.78 is -0.445. The second kappa shape index (κ2) is 4.50. The second-order valence-electron chi connectivity index (χ2n) is 5.98. The minimum Gasteiger partial charge on any atom is -0.313 e. The Kier molecular flexibility index (Phi) is 2.79. The second-order valence-corrected chi connectivity index (χ2v) is 7.32. The van der Waals surface area contributed by atoms with Crippen molar-refractivity contribution >= 4 is 23.4 Å². The standard InChI is InChI=1S/C19H17NOS/c1-3-18(14-9-5-4-6-10-14)13-19(18)17(21)20(2)15-11-7-8-12-16(15)22-19/h3-12H,1,13H2,2H3. The lowest BCUT2D eigenvalue weighted by molar-refractivity contribution is -0.118. The van der Waals surface area contributed by atoms with Gasteiger partial charge in [-0.2, -0.15) is 0 Å². The maximum atomic E-state index is 13.1. The van der Waals surface area contributed by atoms with E-state index in [1.54, 1.807) is 16.7 Å². The quantitative estimate of drug-likeness (QED) is 0.781. The van der Waals surface area contributed by atoms with Crippen molar-refractivity contribution < 1.29 is 4.79 Å². The molecule has 0 N–H and O–H groups in total. The number of allylic oxidation sites excluding steroid dienone is 1. The van der Waals surface area contributed by atoms with Crippen molar-refractivity contribution in [3.05, 3.63) is 72.8 Å². The molecule has 2 atom stereocenters. The Morgan fingerprint density at radius 1 is 1.14 bits per heavy atom. The molecule has 0 aromatic heterocycles. The van der Waals surface area contributed by atoms with Crippen LogP contribution in [0, 0.1) is 0 Å². The number of thioether (sulfide) groups is 1. The topological polar surface area (TPSA) is 20.3 Å². The Morgan fingerprint density at radius 2 is 1.82 bits per heavy atom. The normalized spacial score (nSPS) is 29.3. The molecular formula is C19H17NOS. The molecule has 1 fully saturated rings. The molecule has 1 aliphatic heterocycles. The maximum absolute atomic E-state index is 13.1. The van der Waals surface area contributed by atoms with E-state index in [2.05, 4.69) is 24.8 Å². The first-order valence-electron chi connectivity index (χ1n) is 7.40. The van der Waals surface area contributed by atoms with Crippen LogP contribution in [0.5, 0.6) is 0 Å². The summed E-state index contributed by atoms with van der Waals surface area (Å²) >= 11 is 1.70. The Bertz CT molecular complexity index is 772. The molecule has 0 saturated heterocycles. The number of benzene rings is 2. The van der Waals surface area contributed by atoms with Gasteiger partial charge >= 0.3 is 0 Å². The van der Waals surface area contributed by atoms with Crippen molar-refractivity contribution in [1.29, 1.82) is 0 Å². The molecule has 1 spiro atoms. The van der Waals surface area contributed by atoms with Crippen LogP contribution in [-0.4, -0.2) is 17.7 Å². The van der Waals surface area contributed by atoms with E-state index in [1.165, 1.54) is 10.5 Å². The van der Waals surface area contributed by atoms with Crippen molar-refractivity contribution in [3.63, 3.8) is 0 Å². The molecule has 110 valence electrons. The Morgan fingerprint density at radius 3 is 2.55 bits per heavy atom. The minimum atomic E-state index is -0.445. The zero-order valence-electron chi connectivity index (χ0n) is 12.5. The van der Waals surface area contributed by atoms with E-state index in [0.29, 0.717) is 0 Å². The molecule has 22 heavy (non-hydrogen) atoms. The summed E-state index contributed by atoms with van der Waals surface area (Å²) in [6, 6.07) is 18.4. The Balaban J connectivity index is 1.84. The van der Waals surface area contributed by atoms with Gasteiger partial charge in [-0.05, 0) is 24.1 Å². The van der Waals surface area contributed by atoms with Crippen LogP contribution in [-0.2, 0) is 10.2 Å². The molecule has 2 aromatic carbocycles. The number of nitrogens with zero attached hydrogens (tertiary/aromatic N) is 1. The van der Waals surface area contributed by atoms with Crippen LogP contribution in [0.3, 0.4) is 0 Å². The fraction of sp³-hybridized carbons (Fsp3) is 0.211. The number of amides is 1. The van der Waals surface area contributed by atoms with Crippen LogP contribution < -0.4 is 4.90 Å². The lowest BCUT2D eigenvalue weighted by Crippen LogP contribution is -2.43. The van der Waals surface area contributed by atoms with E-state index < -0.39 is 4.75 Å². The summed E-state index contributed by atoms with van der Waals surface area (Å²) in [5, 5.41) is 0. The predicted molar refractivity (Wildman–Crippen MR) is 91.4 cm³/mol. The van der Waals surface area contributed by atoms with Crippen LogP contribution in [0.25, 0.3) is 0 Å². The van der Waals surface area contributed by atoms with Gasteiger partial charge in [0.1, 0.15) is 4.75 Å². The summed E-state index contributed by atoms with van der Waals surface area (Å²) in [5.74, 6) is 0.181. The van der Waals surface area contributed by atoms with Gasteiger partial charge in [0.2, 0.25) is 5.91 Å². The molecule has 1 aliphatic carbocycles. The highest BCUT2D eigenvalue weighted by Crippen LogP contribution is 2.70. The molecule has 2 aliphatic rings. The van der Waals surface area contributed by atoms with Crippen molar-refractivity contribution in [2.24, 2.45) is 0 Å². The van der Waals surface area contributed by atoms with E-state index in [4.69, 9.17) is 0 Å². The zero-order valence-corrected chi connectivity index (χ0v) is 13.3. The third-order valence-electron chi connectivity index (χ3n) is 4.92. The number of carbonyl (C=O) groups excluding carboxylic acids is 1. The molecule has 4 rings (SSSR count). The number of hydrogen-bond acceptors (Lipinski definition) is 2. The molecular weight excluding hydrogens is 290 g/mol. The van der Waals surface area contributed by atoms with Gasteiger partial charge < -0.3 is 4.90 Å². The highest BCUT2D eigenvalue weighted by molar-refractivity contribution is 8.02. The summed E-state index contributed by atoms with van der Waals surface area (Å²) in [6.45, 7) is 4.05. The Hall–Kier alpha value is -2.00. The average Bonchev–Trinajstić information content (AvgIpc) is 3.23. The van der Waals surface area contributed by atoms with Gasteiger partial charge in [0, 0.05) is 17.4 Å². The van der Waals surface area contributed by atoms with E-state index in [9.17, 15) is 4.79 Å². The number of hydrogen-bond donors (Lipinski definition) is 0. The van der Waals surface area contributed by atoms with Crippen LogP contribution in [0.4, 0.5) is 5.69 Å². The highest BCUT2D eigenvalue weighted by Gasteiger charge is 2.73. The molecule has 1 amide bonds. The van der Waals surface area contributed by atoms with Crippen LogP contribution in [0.2, 0.25) is 0 Å². The van der Waals surface area contributed by atoms with Gasteiger partial charge in [-0.25, -0.2) is 0 Å². The first-order valence-corrected chi connectivity index (χ1v) is 8.22. The first-order chi connectivity index (χ1) is 10.6. The van der Waals surface area contributed by atoms with Crippen LogP contribution in [0.1, 0.15) is 12.0 Å². The van der Waals surface area contributed by atoms with E-state index in [-0.39, 0.29) is 11.3 Å². The van der Waals surface area contributed by atoms with E-state index in [1.807, 2.05) is 49.5 Å². The van der Waals surface area contributed by atoms with E-state index in [0.717, 1.165) is 12.1 Å². The molecule has 0 bridgehead atoms. The van der Waals surface area contributed by atoms with Gasteiger partial charge in [-0.3, -0.25) is 4.79 Å². The predicted octanol–water partition coefficient (Wildman–Crippen LogP) is 4.02. The van der Waals surface area contributed by atoms with Crippen molar-refractivity contribution in [3.8, 4) is 0 Å². The number of fused-ring (bicyclic) bond motifs is 1. The molecule has 1 saturated carbocycles. The average molecular weight is 307 g/mol. The first kappa shape index (κ1) is 13.6. The molecule has 2 aromatic rings. The number of carbonyl (C=O) groups is 1. The summed E-state index contributed by atoms with van der Waals surface area (Å²) in [5.41, 5.74) is 1.91. The Labute approximate surface area is 134 Å². The zero-order chi connectivity index (χ0) is 15.4. The van der Waals surface area contributed by atoms with Crippen molar-refractivity contribution in [2.75, 3.05) is 11.9 Å². The van der Waals surface area contributed by atoms with Gasteiger partial charge in [0.25, 0.3) is 0 Å². The largest absolute Gasteiger partial charge is 0.313 e. The highest BCUT2D eigenvalue weighted by atomic mass is 32.2. The number of anilines is 1. The van der Waals surface area contributed by atoms with Crippen LogP contribution in [0.15, 0.2) is 72.1 Å². The minimum absolute atomic E-state index is 0.181. The van der Waals surface area contributed by atoms with E-state index >= 15 is 0 Å². The molecule has 2 nitrogen and oxygen atoms in total. The summed E-state index contributed by atoms with van der Waals surface area (Å²) in [4.78, 5) is 16.1. The molecule has 1 heterocycles. The molecule has 0 radical (unpaired) electrons. The van der Waals surface area contributed by atoms with Gasteiger partial charge in [0.05, 0.1) is 5.69 Å². The smallest absolute Gasteiger partial charge is 0.244 e. The fourth-order valence-electron chi connectivity index (χ4n) is 3.60.